The van der Waals surface area contributed by atoms with Gasteiger partial charge in [-0.3, -0.25) is 4.79 Å². The number of Topliss-reactive ketones (excluding diaryl/α,β-unsaturated/α-hetero) is 1. The molecule has 0 saturated heterocycles. The van der Waals surface area contributed by atoms with E-state index in [-0.39, 0.29) is 11.8 Å². The van der Waals surface area contributed by atoms with Crippen molar-refractivity contribution in [2.45, 2.75) is 32.2 Å². The largest absolute Gasteiger partial charge is 0.328 e. The average molecular weight is 241 g/mol. The molecular weight excluding hydrogens is 222 g/mol. The highest BCUT2D eigenvalue weighted by atomic mass is 16.1. The molecule has 2 heteroatoms. The van der Waals surface area contributed by atoms with E-state index >= 15 is 0 Å². The molecule has 0 aliphatic heterocycles. The molecule has 2 aromatic carbocycles. The van der Waals surface area contributed by atoms with Gasteiger partial charge < -0.3 is 5.73 Å². The van der Waals surface area contributed by atoms with Gasteiger partial charge in [-0.05, 0) is 29.7 Å². The zero-order valence-corrected chi connectivity index (χ0v) is 10.7. The third-order valence-corrected chi connectivity index (χ3v) is 3.15. The first kappa shape index (κ1) is 12.8. The molecule has 0 fully saturated rings. The molecule has 18 heavy (non-hydrogen) atoms. The molecule has 94 valence electrons. The van der Waals surface area contributed by atoms with Gasteiger partial charge in [0.15, 0.2) is 0 Å². The van der Waals surface area contributed by atoms with Crippen LogP contribution in [0.1, 0.15) is 25.3 Å². The van der Waals surface area contributed by atoms with Crippen LogP contribution in [0.5, 0.6) is 0 Å². The first-order valence-electron chi connectivity index (χ1n) is 6.41. The molecule has 1 atom stereocenters. The molecule has 0 radical (unpaired) electrons. The van der Waals surface area contributed by atoms with Crippen LogP contribution in [0.3, 0.4) is 0 Å². The Hall–Kier alpha value is -1.67. The Kier molecular flexibility index (Phi) is 4.11. The normalized spacial score (nSPS) is 12.6. The summed E-state index contributed by atoms with van der Waals surface area (Å²) in [6.07, 6.45) is 1.85. The van der Waals surface area contributed by atoms with Crippen molar-refractivity contribution in [1.29, 1.82) is 0 Å². The number of fused-ring (bicyclic) bond motifs is 1. The highest BCUT2D eigenvalue weighted by Crippen LogP contribution is 2.19. The number of carbonyl (C=O) groups excluding carboxylic acids is 1. The van der Waals surface area contributed by atoms with Gasteiger partial charge in [-0.1, -0.05) is 42.5 Å². The summed E-state index contributed by atoms with van der Waals surface area (Å²) in [6, 6.07) is 14.4. The second kappa shape index (κ2) is 5.78. The molecule has 0 aliphatic carbocycles. The van der Waals surface area contributed by atoms with Gasteiger partial charge in [0.05, 0.1) is 0 Å². The second-order valence-corrected chi connectivity index (χ2v) is 4.87. The van der Waals surface area contributed by atoms with Gasteiger partial charge in [-0.25, -0.2) is 0 Å². The van der Waals surface area contributed by atoms with E-state index in [4.69, 9.17) is 5.73 Å². The molecule has 0 bridgehead atoms. The van der Waals surface area contributed by atoms with Crippen molar-refractivity contribution >= 4 is 16.6 Å². The number of ketones is 1. The first-order valence-corrected chi connectivity index (χ1v) is 6.41. The summed E-state index contributed by atoms with van der Waals surface area (Å²) >= 11 is 0. The topological polar surface area (TPSA) is 43.1 Å². The first-order chi connectivity index (χ1) is 8.66. The second-order valence-electron chi connectivity index (χ2n) is 4.87. The summed E-state index contributed by atoms with van der Waals surface area (Å²) in [7, 11) is 0. The Morgan fingerprint density at radius 1 is 1.17 bits per heavy atom. The summed E-state index contributed by atoms with van der Waals surface area (Å²) in [4.78, 5) is 11.9. The minimum atomic E-state index is 0.0986. The molecule has 0 aliphatic rings. The maximum Gasteiger partial charge on any atom is 0.137 e. The van der Waals surface area contributed by atoms with Crippen molar-refractivity contribution in [1.82, 2.24) is 0 Å². The molecule has 2 N–H and O–H groups in total. The maximum atomic E-state index is 11.9. The molecule has 0 aromatic heterocycles. The zero-order valence-electron chi connectivity index (χ0n) is 10.7. The predicted octanol–water partition coefficient (Wildman–Crippen LogP) is 3.08. The van der Waals surface area contributed by atoms with Crippen LogP contribution in [-0.2, 0) is 11.2 Å². The summed E-state index contributed by atoms with van der Waals surface area (Å²) in [5.74, 6) is 0.267. The van der Waals surface area contributed by atoms with E-state index in [2.05, 4.69) is 18.2 Å². The Morgan fingerprint density at radius 3 is 2.67 bits per heavy atom. The lowest BCUT2D eigenvalue weighted by atomic mass is 9.98. The van der Waals surface area contributed by atoms with Gasteiger partial charge in [0.1, 0.15) is 5.78 Å². The molecule has 0 spiro atoms. The average Bonchev–Trinajstić information content (AvgIpc) is 2.37. The van der Waals surface area contributed by atoms with Gasteiger partial charge in [0.2, 0.25) is 0 Å². The quantitative estimate of drug-likeness (QED) is 0.874. The Bertz CT molecular complexity index is 540. The molecule has 2 nitrogen and oxygen atoms in total. The van der Waals surface area contributed by atoms with Gasteiger partial charge in [0, 0.05) is 18.9 Å². The van der Waals surface area contributed by atoms with Crippen molar-refractivity contribution in [3.8, 4) is 0 Å². The van der Waals surface area contributed by atoms with E-state index in [1.54, 1.807) is 0 Å². The minimum absolute atomic E-state index is 0.0986. The van der Waals surface area contributed by atoms with Crippen LogP contribution in [-0.4, -0.2) is 11.8 Å². The van der Waals surface area contributed by atoms with E-state index in [0.717, 1.165) is 12.0 Å². The molecule has 1 unspecified atom stereocenters. The van der Waals surface area contributed by atoms with Crippen molar-refractivity contribution in [2.75, 3.05) is 0 Å². The lowest BCUT2D eigenvalue weighted by Crippen LogP contribution is -2.17. The van der Waals surface area contributed by atoms with Gasteiger partial charge in [0.25, 0.3) is 0 Å². The number of carbonyl (C=O) groups is 1. The van der Waals surface area contributed by atoms with Crippen LogP contribution >= 0.6 is 0 Å². The standard InChI is InChI=1S/C16H19NO/c1-12(17)9-10-15(18)11-14-7-4-6-13-5-2-3-8-16(13)14/h2-8,12H,9-11,17H2,1H3. The summed E-state index contributed by atoms with van der Waals surface area (Å²) < 4.78 is 0. The Labute approximate surface area is 108 Å². The molecule has 0 amide bonds. The fraction of sp³-hybridized carbons (Fsp3) is 0.312. The predicted molar refractivity (Wildman–Crippen MR) is 75.5 cm³/mol. The number of hydrogen-bond acceptors (Lipinski definition) is 2. The van der Waals surface area contributed by atoms with Crippen LogP contribution in [0.2, 0.25) is 0 Å². The van der Waals surface area contributed by atoms with E-state index < -0.39 is 0 Å². The third kappa shape index (κ3) is 3.17. The highest BCUT2D eigenvalue weighted by Gasteiger charge is 2.07. The summed E-state index contributed by atoms with van der Waals surface area (Å²) in [5, 5.41) is 2.36. The van der Waals surface area contributed by atoms with Crippen molar-refractivity contribution in [3.05, 3.63) is 48.0 Å². The number of rotatable bonds is 5. The molecule has 0 heterocycles. The smallest absolute Gasteiger partial charge is 0.137 e. The van der Waals surface area contributed by atoms with Gasteiger partial charge in [-0.15, -0.1) is 0 Å². The maximum absolute atomic E-state index is 11.9. The van der Waals surface area contributed by atoms with Gasteiger partial charge in [-0.2, -0.15) is 0 Å². The number of nitrogens with two attached hydrogens (primary N) is 1. The van der Waals surface area contributed by atoms with Crippen LogP contribution in [0.4, 0.5) is 0 Å². The van der Waals surface area contributed by atoms with Crippen LogP contribution < -0.4 is 5.73 Å². The van der Waals surface area contributed by atoms with E-state index in [0.29, 0.717) is 12.8 Å². The van der Waals surface area contributed by atoms with Crippen LogP contribution in [0.15, 0.2) is 42.5 Å². The highest BCUT2D eigenvalue weighted by molar-refractivity contribution is 5.90. The molecule has 0 saturated carbocycles. The fourth-order valence-corrected chi connectivity index (χ4v) is 2.14. The summed E-state index contributed by atoms with van der Waals surface area (Å²) in [6.45, 7) is 1.94. The van der Waals surface area contributed by atoms with Crippen molar-refractivity contribution in [2.24, 2.45) is 5.73 Å². The lowest BCUT2D eigenvalue weighted by Gasteiger charge is -2.07. The zero-order chi connectivity index (χ0) is 13.0. The Balaban J connectivity index is 2.14. The molecular formula is C16H19NO. The minimum Gasteiger partial charge on any atom is -0.328 e. The van der Waals surface area contributed by atoms with Crippen molar-refractivity contribution in [3.63, 3.8) is 0 Å². The SMILES string of the molecule is CC(N)CCC(=O)Cc1cccc2ccccc12. The van der Waals surface area contributed by atoms with Crippen LogP contribution in [0, 0.1) is 0 Å². The van der Waals surface area contributed by atoms with Gasteiger partial charge >= 0.3 is 0 Å². The number of benzene rings is 2. The lowest BCUT2D eigenvalue weighted by molar-refractivity contribution is -0.118. The number of hydrogen-bond donors (Lipinski definition) is 1. The van der Waals surface area contributed by atoms with E-state index in [9.17, 15) is 4.79 Å². The van der Waals surface area contributed by atoms with Crippen molar-refractivity contribution < 1.29 is 4.79 Å². The van der Waals surface area contributed by atoms with E-state index in [1.165, 1.54) is 10.8 Å². The Morgan fingerprint density at radius 2 is 1.89 bits per heavy atom. The fourth-order valence-electron chi connectivity index (χ4n) is 2.14. The van der Waals surface area contributed by atoms with E-state index in [1.807, 2.05) is 31.2 Å². The third-order valence-electron chi connectivity index (χ3n) is 3.15. The monoisotopic (exact) mass is 241 g/mol. The molecule has 2 rings (SSSR count). The summed E-state index contributed by atoms with van der Waals surface area (Å²) in [5.41, 5.74) is 6.79. The molecule has 2 aromatic rings. The van der Waals surface area contributed by atoms with Crippen LogP contribution in [0.25, 0.3) is 10.8 Å².